The lowest BCUT2D eigenvalue weighted by Gasteiger charge is -2.16. The highest BCUT2D eigenvalue weighted by atomic mass is 35.5. The van der Waals surface area contributed by atoms with Crippen LogP contribution in [0.25, 0.3) is 0 Å². The Morgan fingerprint density at radius 1 is 1.11 bits per heavy atom. The van der Waals surface area contributed by atoms with Gasteiger partial charge >= 0.3 is 5.70 Å². The minimum atomic E-state index is -0.474. The molecule has 2 aromatic rings. The van der Waals surface area contributed by atoms with Crippen LogP contribution in [0.2, 0.25) is 0 Å². The summed E-state index contributed by atoms with van der Waals surface area (Å²) in [5.41, 5.74) is 9.69. The molecule has 0 aromatic heterocycles. The van der Waals surface area contributed by atoms with E-state index in [9.17, 15) is 4.79 Å². The summed E-state index contributed by atoms with van der Waals surface area (Å²) >= 11 is 7.56. The number of aryl methyl sites for hydroxylation is 2. The van der Waals surface area contributed by atoms with Crippen molar-refractivity contribution in [3.05, 3.63) is 77.2 Å². The van der Waals surface area contributed by atoms with Gasteiger partial charge in [0, 0.05) is 12.6 Å². The zero-order chi connectivity index (χ0) is 27.6. The fourth-order valence-corrected chi connectivity index (χ4v) is 2.62. The number of anilines is 1. The molecule has 1 heterocycles. The first-order valence-corrected chi connectivity index (χ1v) is 13.5. The number of nitrogens with one attached hydrogen (secondary N) is 2. The number of alkyl halides is 1. The summed E-state index contributed by atoms with van der Waals surface area (Å²) in [4.78, 5) is 11.0. The van der Waals surface area contributed by atoms with Gasteiger partial charge in [-0.2, -0.15) is 4.58 Å². The van der Waals surface area contributed by atoms with Crippen LogP contribution in [0.3, 0.4) is 0 Å². The highest BCUT2D eigenvalue weighted by Gasteiger charge is 2.36. The van der Waals surface area contributed by atoms with Crippen molar-refractivity contribution in [2.45, 2.75) is 46.4 Å². The first-order chi connectivity index (χ1) is 17.0. The van der Waals surface area contributed by atoms with Gasteiger partial charge in [0.1, 0.15) is 6.61 Å². The monoisotopic (exact) mass is 535 g/mol. The van der Waals surface area contributed by atoms with Gasteiger partial charge in [0.2, 0.25) is 24.4 Å². The second-order valence-corrected chi connectivity index (χ2v) is 10.3. The van der Waals surface area contributed by atoms with E-state index in [4.69, 9.17) is 22.1 Å². The quantitative estimate of drug-likeness (QED) is 0.103. The van der Waals surface area contributed by atoms with E-state index in [1.165, 1.54) is 24.4 Å². The van der Waals surface area contributed by atoms with Gasteiger partial charge in [-0.3, -0.25) is 4.79 Å². The molecule has 0 saturated heterocycles. The summed E-state index contributed by atoms with van der Waals surface area (Å²) in [6, 6.07) is 18.1. The standard InChI is InChI=1S/C11H18ClN2O2S.C7H9N.C7H8.C3H9N/c1-8(15)10(16-6-11(2,3)12)9-5-14(9)7-13-17-4;1-6-4-2-3-5-7(6)8;1-7-5-3-2-4-6-7;1-3-4-2/h5,13H,6-7H2,1-4H3;2-5H,8H2,1H3;2-6H,1H3;4H,3H2,1-2H3/q+1;;;/b10-9-;;;. The minimum Gasteiger partial charge on any atom is -0.482 e. The van der Waals surface area contributed by atoms with Crippen molar-refractivity contribution < 1.29 is 14.1 Å². The Morgan fingerprint density at radius 2 is 1.67 bits per heavy atom. The first-order valence-electron chi connectivity index (χ1n) is 11.9. The van der Waals surface area contributed by atoms with E-state index in [0.29, 0.717) is 19.0 Å². The zero-order valence-electron chi connectivity index (χ0n) is 23.0. The Hall–Kier alpha value is -2.32. The molecule has 0 aliphatic carbocycles. The molecule has 36 heavy (non-hydrogen) atoms. The molecule has 0 fully saturated rings. The van der Waals surface area contributed by atoms with Gasteiger partial charge < -0.3 is 15.8 Å². The number of hydrogen-bond donors (Lipinski definition) is 3. The first kappa shape index (κ1) is 33.7. The number of nitrogens with two attached hydrogens (primary N) is 1. The van der Waals surface area contributed by atoms with Crippen molar-refractivity contribution in [2.24, 2.45) is 0 Å². The largest absolute Gasteiger partial charge is 0.482 e. The number of halogens is 1. The number of carbonyl (C=O) groups excluding carboxylic acids is 1. The van der Waals surface area contributed by atoms with Crippen LogP contribution in [0.15, 0.2) is 66.1 Å². The van der Waals surface area contributed by atoms with Crippen LogP contribution >= 0.6 is 23.5 Å². The van der Waals surface area contributed by atoms with E-state index < -0.39 is 4.87 Å². The molecule has 0 atom stereocenters. The molecular weight excluding hydrogens is 492 g/mol. The number of para-hydroxylation sites is 1. The molecule has 8 heteroatoms. The number of hydrogen-bond acceptors (Lipinski definition) is 6. The zero-order valence-corrected chi connectivity index (χ0v) is 24.6. The number of nitrogens with zero attached hydrogens (tertiary/aromatic N) is 1. The van der Waals surface area contributed by atoms with Crippen molar-refractivity contribution in [3.8, 4) is 0 Å². The van der Waals surface area contributed by atoms with Crippen LogP contribution in [0.5, 0.6) is 0 Å². The average molecular weight is 536 g/mol. The van der Waals surface area contributed by atoms with Crippen LogP contribution in [0, 0.1) is 13.8 Å². The number of rotatable bonds is 8. The molecule has 0 amide bonds. The third-order valence-electron chi connectivity index (χ3n) is 4.49. The normalized spacial score (nSPS) is 12.9. The molecule has 0 saturated carbocycles. The Balaban J connectivity index is 0.000000530. The number of nitrogen functional groups attached to an aromatic ring is 1. The fourth-order valence-electron chi connectivity index (χ4n) is 2.29. The van der Waals surface area contributed by atoms with Crippen LogP contribution < -0.4 is 15.8 Å². The second kappa shape index (κ2) is 18.9. The maximum absolute atomic E-state index is 11.5. The van der Waals surface area contributed by atoms with E-state index >= 15 is 0 Å². The Kier molecular flexibility index (Phi) is 17.7. The van der Waals surface area contributed by atoms with Gasteiger partial charge in [-0.1, -0.05) is 73.0 Å². The van der Waals surface area contributed by atoms with Crippen LogP contribution in [0.4, 0.5) is 5.69 Å². The minimum absolute atomic E-state index is 0.0798. The lowest BCUT2D eigenvalue weighted by molar-refractivity contribution is -0.407. The van der Waals surface area contributed by atoms with Gasteiger partial charge in [-0.05, 0) is 59.2 Å². The van der Waals surface area contributed by atoms with E-state index in [2.05, 4.69) is 36.0 Å². The average Bonchev–Trinajstić information content (AvgIpc) is 3.59. The molecule has 1 aliphatic rings. The maximum atomic E-state index is 11.5. The third-order valence-corrected chi connectivity index (χ3v) is 5.02. The van der Waals surface area contributed by atoms with Crippen LogP contribution in [-0.2, 0) is 9.53 Å². The summed E-state index contributed by atoms with van der Waals surface area (Å²) in [6.45, 7) is 13.4. The van der Waals surface area contributed by atoms with Crippen molar-refractivity contribution in [1.82, 2.24) is 10.0 Å². The topological polar surface area (TPSA) is 79.4 Å². The van der Waals surface area contributed by atoms with Gasteiger partial charge in [-0.25, -0.2) is 4.72 Å². The van der Waals surface area contributed by atoms with Crippen molar-refractivity contribution in [1.29, 1.82) is 0 Å². The molecular formula is C28H44ClN4O2S+. The van der Waals surface area contributed by atoms with Crippen LogP contribution in [0.1, 0.15) is 38.8 Å². The lowest BCUT2D eigenvalue weighted by atomic mass is 10.2. The molecule has 3 rings (SSSR count). The number of ether oxygens (including phenoxy) is 1. The number of ketones is 1. The summed E-state index contributed by atoms with van der Waals surface area (Å²) in [5.74, 6) is 0.311. The lowest BCUT2D eigenvalue weighted by Crippen LogP contribution is -2.21. The maximum Gasteiger partial charge on any atom is 0.316 e. The molecule has 2 aromatic carbocycles. The van der Waals surface area contributed by atoms with E-state index in [-0.39, 0.29) is 5.78 Å². The Labute approximate surface area is 227 Å². The number of allylic oxidation sites excluding steroid dienone is 2. The van der Waals surface area contributed by atoms with Gasteiger partial charge in [0.25, 0.3) is 0 Å². The van der Waals surface area contributed by atoms with Gasteiger partial charge in [0.05, 0.1) is 4.87 Å². The van der Waals surface area contributed by atoms with Crippen molar-refractivity contribution in [2.75, 3.05) is 38.9 Å². The molecule has 0 radical (unpaired) electrons. The molecule has 1 aliphatic heterocycles. The summed E-state index contributed by atoms with van der Waals surface area (Å²) < 4.78 is 10.5. The van der Waals surface area contributed by atoms with Gasteiger partial charge in [-0.15, -0.1) is 11.6 Å². The van der Waals surface area contributed by atoms with Crippen molar-refractivity contribution in [3.63, 3.8) is 0 Å². The smallest absolute Gasteiger partial charge is 0.316 e. The predicted molar refractivity (Wildman–Crippen MR) is 158 cm³/mol. The number of benzene rings is 2. The molecule has 4 N–H and O–H groups in total. The SMILES string of the molecule is CCNC.CSNC[N+]1=CC/1=C(/OCC(C)(C)Cl)C(C)=O.Cc1ccccc1.Cc1ccccc1N. The van der Waals surface area contributed by atoms with Crippen LogP contribution in [-0.4, -0.2) is 54.6 Å². The Morgan fingerprint density at radius 3 is 2.03 bits per heavy atom. The molecule has 0 spiro atoms. The highest BCUT2D eigenvalue weighted by Crippen LogP contribution is 2.20. The molecule has 200 valence electrons. The fraction of sp³-hybridized carbons (Fsp3) is 0.429. The molecule has 6 nitrogen and oxygen atoms in total. The van der Waals surface area contributed by atoms with Crippen molar-refractivity contribution >= 4 is 41.2 Å². The summed E-state index contributed by atoms with van der Waals surface area (Å²) in [6.07, 6.45) is 3.83. The van der Waals surface area contributed by atoms with Gasteiger partial charge in [0.15, 0.2) is 0 Å². The number of Topliss-reactive ketones (excluding diaryl/α,β-unsaturated/α-hetero) is 1. The van der Waals surface area contributed by atoms with E-state index in [0.717, 1.165) is 23.5 Å². The summed E-state index contributed by atoms with van der Waals surface area (Å²) in [7, 11) is 1.93. The molecule has 0 bridgehead atoms. The molecule has 0 unspecified atom stereocenters. The second-order valence-electron chi connectivity index (χ2n) is 8.60. The Bertz CT molecular complexity index is 935. The van der Waals surface area contributed by atoms with E-state index in [1.54, 1.807) is 0 Å². The predicted octanol–water partition coefficient (Wildman–Crippen LogP) is 5.54. The van der Waals surface area contributed by atoms with E-state index in [1.807, 2.05) is 87.3 Å². The highest BCUT2D eigenvalue weighted by molar-refractivity contribution is 7.96. The number of carbonyl (C=O) groups is 1. The third kappa shape index (κ3) is 17.2. The summed E-state index contributed by atoms with van der Waals surface area (Å²) in [5, 5.41) is 2.93.